The van der Waals surface area contributed by atoms with E-state index in [1.165, 1.54) is 6.92 Å². The maximum absolute atomic E-state index is 14.1. The molecule has 2 fully saturated rings. The van der Waals surface area contributed by atoms with Gasteiger partial charge in [-0.05, 0) is 18.9 Å². The number of piperidine rings is 2. The van der Waals surface area contributed by atoms with Crippen molar-refractivity contribution in [1.29, 1.82) is 0 Å². The van der Waals surface area contributed by atoms with Crippen LogP contribution in [-0.2, 0) is 11.4 Å². The first kappa shape index (κ1) is 16.1. The lowest BCUT2D eigenvalue weighted by atomic mass is 9.75. The third-order valence-corrected chi connectivity index (χ3v) is 5.11. The Morgan fingerprint density at radius 2 is 2.17 bits per heavy atom. The van der Waals surface area contributed by atoms with E-state index < -0.39 is 11.4 Å². The fourth-order valence-electron chi connectivity index (χ4n) is 3.61. The highest BCUT2D eigenvalue weighted by molar-refractivity contribution is 5.73. The molecule has 0 bridgehead atoms. The van der Waals surface area contributed by atoms with Crippen LogP contribution in [0.3, 0.4) is 0 Å². The Balaban J connectivity index is 1.81. The second-order valence-electron chi connectivity index (χ2n) is 6.50. The van der Waals surface area contributed by atoms with E-state index in [4.69, 9.17) is 0 Å². The van der Waals surface area contributed by atoms with E-state index in [9.17, 15) is 19.4 Å². The highest BCUT2D eigenvalue weighted by Crippen LogP contribution is 2.37. The molecule has 2 N–H and O–H groups in total. The lowest BCUT2D eigenvalue weighted by molar-refractivity contribution is -0.139. The van der Waals surface area contributed by atoms with Crippen LogP contribution in [0.25, 0.3) is 0 Å². The molecule has 0 spiro atoms. The summed E-state index contributed by atoms with van der Waals surface area (Å²) in [5.74, 6) is -0.548. The summed E-state index contributed by atoms with van der Waals surface area (Å²) in [5, 5.41) is 20.0. The third-order valence-electron chi connectivity index (χ3n) is 5.11. The van der Waals surface area contributed by atoms with Crippen LogP contribution >= 0.6 is 0 Å². The van der Waals surface area contributed by atoms with Crippen molar-refractivity contribution in [2.24, 2.45) is 5.92 Å². The van der Waals surface area contributed by atoms with Crippen molar-refractivity contribution in [3.63, 3.8) is 0 Å². The zero-order valence-corrected chi connectivity index (χ0v) is 13.2. The van der Waals surface area contributed by atoms with Gasteiger partial charge in [0.1, 0.15) is 0 Å². The van der Waals surface area contributed by atoms with Gasteiger partial charge in [-0.3, -0.25) is 9.78 Å². The van der Waals surface area contributed by atoms with Gasteiger partial charge in [-0.15, -0.1) is 0 Å². The molecule has 6 nitrogen and oxygen atoms in total. The zero-order valence-electron chi connectivity index (χ0n) is 13.2. The highest BCUT2D eigenvalue weighted by Gasteiger charge is 2.45. The molecule has 2 atom stereocenters. The second-order valence-corrected chi connectivity index (χ2v) is 6.50. The minimum atomic E-state index is -0.786. The first-order chi connectivity index (χ1) is 10.9. The van der Waals surface area contributed by atoms with Crippen LogP contribution in [0, 0.1) is 11.7 Å². The third kappa shape index (κ3) is 3.03. The molecule has 0 aromatic carbocycles. The lowest BCUT2D eigenvalue weighted by Gasteiger charge is -2.50. The SMILES string of the molecule is CC(=O)N1CC[C@]2(O)CCN(c3cc(CO)ncc3F)C[C@@H]2C1. The predicted molar refractivity (Wildman–Crippen MR) is 82.3 cm³/mol. The molecule has 23 heavy (non-hydrogen) atoms. The van der Waals surface area contributed by atoms with Crippen LogP contribution < -0.4 is 4.90 Å². The van der Waals surface area contributed by atoms with Gasteiger partial charge < -0.3 is 20.0 Å². The van der Waals surface area contributed by atoms with Crippen LogP contribution in [0.15, 0.2) is 12.3 Å². The van der Waals surface area contributed by atoms with E-state index in [-0.39, 0.29) is 18.4 Å². The van der Waals surface area contributed by atoms with Crippen LogP contribution in [0.1, 0.15) is 25.5 Å². The Morgan fingerprint density at radius 3 is 2.87 bits per heavy atom. The minimum Gasteiger partial charge on any atom is -0.390 e. The number of pyridine rings is 1. The number of likely N-dealkylation sites (tertiary alicyclic amines) is 1. The maximum Gasteiger partial charge on any atom is 0.219 e. The van der Waals surface area contributed by atoms with Gasteiger partial charge in [0.05, 0.1) is 29.8 Å². The number of halogens is 1. The van der Waals surface area contributed by atoms with Gasteiger partial charge in [-0.1, -0.05) is 0 Å². The number of carbonyl (C=O) groups excluding carboxylic acids is 1. The molecule has 3 rings (SSSR count). The number of aliphatic hydroxyl groups is 2. The van der Waals surface area contributed by atoms with Crippen molar-refractivity contribution >= 4 is 11.6 Å². The Kier molecular flexibility index (Phi) is 4.25. The molecular formula is C16H22FN3O3. The number of hydrogen-bond acceptors (Lipinski definition) is 5. The summed E-state index contributed by atoms with van der Waals surface area (Å²) in [7, 11) is 0. The fraction of sp³-hybridized carbons (Fsp3) is 0.625. The van der Waals surface area contributed by atoms with Gasteiger partial charge in [-0.25, -0.2) is 4.39 Å². The number of carbonyl (C=O) groups is 1. The predicted octanol–water partition coefficient (Wildman–Crippen LogP) is 0.523. The van der Waals surface area contributed by atoms with Crippen LogP contribution in [0.5, 0.6) is 0 Å². The summed E-state index contributed by atoms with van der Waals surface area (Å²) >= 11 is 0. The summed E-state index contributed by atoms with van der Waals surface area (Å²) in [6.07, 6.45) is 2.22. The number of fused-ring (bicyclic) bond motifs is 1. The Labute approximate surface area is 134 Å². The van der Waals surface area contributed by atoms with Gasteiger partial charge in [-0.2, -0.15) is 0 Å². The van der Waals surface area contributed by atoms with E-state index in [1.54, 1.807) is 11.0 Å². The molecule has 2 aliphatic rings. The molecule has 1 aromatic rings. The molecule has 0 aliphatic carbocycles. The summed E-state index contributed by atoms with van der Waals surface area (Å²) in [6.45, 7) is 3.36. The van der Waals surface area contributed by atoms with Crippen LogP contribution in [0.4, 0.5) is 10.1 Å². The topological polar surface area (TPSA) is 76.9 Å². The number of amides is 1. The molecule has 2 aliphatic heterocycles. The first-order valence-electron chi connectivity index (χ1n) is 7.91. The average molecular weight is 323 g/mol. The van der Waals surface area contributed by atoms with Crippen molar-refractivity contribution in [3.8, 4) is 0 Å². The van der Waals surface area contributed by atoms with Gasteiger partial charge >= 0.3 is 0 Å². The maximum atomic E-state index is 14.1. The van der Waals surface area contributed by atoms with E-state index in [2.05, 4.69) is 4.98 Å². The van der Waals surface area contributed by atoms with Gasteiger partial charge in [0.15, 0.2) is 5.82 Å². The lowest BCUT2D eigenvalue weighted by Crippen LogP contribution is -2.60. The molecule has 3 heterocycles. The molecular weight excluding hydrogens is 301 g/mol. The summed E-state index contributed by atoms with van der Waals surface area (Å²) in [6, 6.07) is 1.55. The van der Waals surface area contributed by atoms with E-state index in [1.807, 2.05) is 4.90 Å². The number of aromatic nitrogens is 1. The zero-order chi connectivity index (χ0) is 16.6. The summed E-state index contributed by atoms with van der Waals surface area (Å²) < 4.78 is 14.1. The fourth-order valence-corrected chi connectivity index (χ4v) is 3.61. The number of hydrogen-bond donors (Lipinski definition) is 2. The largest absolute Gasteiger partial charge is 0.390 e. The molecule has 0 radical (unpaired) electrons. The molecule has 2 saturated heterocycles. The second kappa shape index (κ2) is 6.05. The number of aliphatic hydroxyl groups excluding tert-OH is 1. The first-order valence-corrected chi connectivity index (χ1v) is 7.91. The molecule has 0 unspecified atom stereocenters. The van der Waals surface area contributed by atoms with Crippen LogP contribution in [0.2, 0.25) is 0 Å². The normalized spacial score (nSPS) is 27.7. The molecule has 1 amide bonds. The van der Waals surface area contributed by atoms with Gasteiger partial charge in [0.25, 0.3) is 0 Å². The minimum absolute atomic E-state index is 0.00170. The van der Waals surface area contributed by atoms with Crippen molar-refractivity contribution in [2.45, 2.75) is 32.0 Å². The van der Waals surface area contributed by atoms with E-state index in [0.717, 1.165) is 6.20 Å². The summed E-state index contributed by atoms with van der Waals surface area (Å²) in [4.78, 5) is 19.0. The van der Waals surface area contributed by atoms with E-state index >= 15 is 0 Å². The molecule has 0 saturated carbocycles. The van der Waals surface area contributed by atoms with Crippen molar-refractivity contribution in [3.05, 3.63) is 23.8 Å². The van der Waals surface area contributed by atoms with Gasteiger partial charge in [0.2, 0.25) is 5.91 Å². The van der Waals surface area contributed by atoms with E-state index in [0.29, 0.717) is 50.4 Å². The average Bonchev–Trinajstić information content (AvgIpc) is 2.54. The smallest absolute Gasteiger partial charge is 0.219 e. The number of rotatable bonds is 2. The Bertz CT molecular complexity index is 612. The monoisotopic (exact) mass is 323 g/mol. The number of nitrogens with zero attached hydrogens (tertiary/aromatic N) is 3. The van der Waals surface area contributed by atoms with Crippen molar-refractivity contribution < 1.29 is 19.4 Å². The Hall–Kier alpha value is -1.73. The molecule has 1 aromatic heterocycles. The summed E-state index contributed by atoms with van der Waals surface area (Å²) in [5.41, 5.74) is 0.0217. The van der Waals surface area contributed by atoms with Crippen molar-refractivity contribution in [2.75, 3.05) is 31.1 Å². The number of anilines is 1. The quantitative estimate of drug-likeness (QED) is 0.830. The molecule has 7 heteroatoms. The standard InChI is InChI=1S/C16H22FN3O3/c1-11(22)19-4-2-16(23)3-5-20(9-12(16)8-19)15-6-13(10-21)18-7-14(15)17/h6-7,12,21,23H,2-5,8-10H2,1H3/t12-,16-/m0/s1. The van der Waals surface area contributed by atoms with Crippen LogP contribution in [-0.4, -0.2) is 57.8 Å². The van der Waals surface area contributed by atoms with Gasteiger partial charge in [0, 0.05) is 39.0 Å². The van der Waals surface area contributed by atoms with Crippen molar-refractivity contribution in [1.82, 2.24) is 9.88 Å². The highest BCUT2D eigenvalue weighted by atomic mass is 19.1. The Morgan fingerprint density at radius 1 is 1.43 bits per heavy atom. The molecule has 126 valence electrons.